The highest BCUT2D eigenvalue weighted by Gasteiger charge is 2.23. The van der Waals surface area contributed by atoms with Gasteiger partial charge in [-0.1, -0.05) is 6.07 Å². The number of rotatable bonds is 5. The third kappa shape index (κ3) is 3.83. The minimum Gasteiger partial charge on any atom is -0.462 e. The van der Waals surface area contributed by atoms with Gasteiger partial charge in [0.25, 0.3) is 0 Å². The summed E-state index contributed by atoms with van der Waals surface area (Å²) in [5.41, 5.74) is 11.9. The van der Waals surface area contributed by atoms with Gasteiger partial charge in [-0.15, -0.1) is 23.1 Å². The van der Waals surface area contributed by atoms with Gasteiger partial charge in [-0.05, 0) is 56.9 Å². The van der Waals surface area contributed by atoms with Gasteiger partial charge in [0.2, 0.25) is 0 Å². The molecule has 0 fully saturated rings. The lowest BCUT2D eigenvalue weighted by Crippen LogP contribution is -2.05. The molecule has 0 aliphatic heterocycles. The molecule has 0 saturated heterocycles. The molecule has 6 heteroatoms. The summed E-state index contributed by atoms with van der Waals surface area (Å²) in [4.78, 5) is 13.8. The zero-order chi connectivity index (χ0) is 18.7. The van der Waals surface area contributed by atoms with E-state index in [-0.39, 0.29) is 0 Å². The fourth-order valence-electron chi connectivity index (χ4n) is 2.65. The molecule has 0 unspecified atom stereocenters. The molecule has 0 saturated carbocycles. The largest absolute Gasteiger partial charge is 0.462 e. The van der Waals surface area contributed by atoms with Crippen molar-refractivity contribution in [3.8, 4) is 6.07 Å². The van der Waals surface area contributed by atoms with Crippen molar-refractivity contribution in [3.05, 3.63) is 44.3 Å². The second kappa shape index (κ2) is 7.94. The Morgan fingerprint density at radius 3 is 2.40 bits per heavy atom. The first-order valence-corrected chi connectivity index (χ1v) is 9.80. The molecule has 0 amide bonds. The first-order valence-electron chi connectivity index (χ1n) is 8.00. The number of esters is 1. The average Bonchev–Trinajstić information content (AvgIpc) is 2.89. The number of nitrogens with zero attached hydrogens (tertiary/aromatic N) is 1. The van der Waals surface area contributed by atoms with Gasteiger partial charge in [-0.3, -0.25) is 0 Å². The molecule has 0 aliphatic rings. The van der Waals surface area contributed by atoms with Crippen LogP contribution in [-0.4, -0.2) is 12.6 Å². The van der Waals surface area contributed by atoms with Crippen LogP contribution in [0.1, 0.15) is 50.0 Å². The summed E-state index contributed by atoms with van der Waals surface area (Å²) in [7, 11) is 0. The molecule has 1 aromatic heterocycles. The molecule has 1 heterocycles. The number of hydrogen-bond donors (Lipinski definition) is 1. The van der Waals surface area contributed by atoms with E-state index in [0.717, 1.165) is 11.3 Å². The van der Waals surface area contributed by atoms with Crippen LogP contribution in [0.15, 0.2) is 11.0 Å². The minimum absolute atomic E-state index is 0.292. The van der Waals surface area contributed by atoms with E-state index in [9.17, 15) is 10.1 Å². The molecule has 4 nitrogen and oxygen atoms in total. The predicted molar refractivity (Wildman–Crippen MR) is 104 cm³/mol. The number of benzene rings is 1. The fourth-order valence-corrected chi connectivity index (χ4v) is 5.00. The van der Waals surface area contributed by atoms with Gasteiger partial charge < -0.3 is 10.5 Å². The normalized spacial score (nSPS) is 10.6. The zero-order valence-electron chi connectivity index (χ0n) is 15.1. The molecule has 0 spiro atoms. The van der Waals surface area contributed by atoms with Crippen LogP contribution in [0.5, 0.6) is 0 Å². The summed E-state index contributed by atoms with van der Waals surface area (Å²) in [5, 5.41) is 9.80. The maximum atomic E-state index is 12.2. The number of nitrogens with two attached hydrogens (primary N) is 1. The molecule has 0 bridgehead atoms. The Hall–Kier alpha value is -1.97. The second-order valence-electron chi connectivity index (χ2n) is 5.86. The van der Waals surface area contributed by atoms with E-state index in [4.69, 9.17) is 10.5 Å². The summed E-state index contributed by atoms with van der Waals surface area (Å²) in [6, 6.07) is 4.32. The van der Waals surface area contributed by atoms with Gasteiger partial charge in [-0.2, -0.15) is 5.26 Å². The summed E-state index contributed by atoms with van der Waals surface area (Å²) < 4.78 is 5.12. The molecular weight excluding hydrogens is 352 g/mol. The molecule has 0 aliphatic carbocycles. The van der Waals surface area contributed by atoms with Crippen molar-refractivity contribution in [2.45, 2.75) is 45.3 Å². The SMILES string of the molecule is CCOC(=O)c1sc(N)c(C#N)c1CSc1c(C)c(C)cc(C)c1C. The number of carbonyl (C=O) groups is 1. The highest BCUT2D eigenvalue weighted by Crippen LogP contribution is 2.38. The number of anilines is 1. The lowest BCUT2D eigenvalue weighted by Gasteiger charge is -2.15. The van der Waals surface area contributed by atoms with E-state index < -0.39 is 5.97 Å². The number of thiophene rings is 1. The van der Waals surface area contributed by atoms with Crippen molar-refractivity contribution < 1.29 is 9.53 Å². The van der Waals surface area contributed by atoms with Crippen LogP contribution in [-0.2, 0) is 10.5 Å². The Labute approximate surface area is 157 Å². The second-order valence-corrected chi connectivity index (χ2v) is 7.90. The van der Waals surface area contributed by atoms with Crippen LogP contribution < -0.4 is 5.73 Å². The summed E-state index contributed by atoms with van der Waals surface area (Å²) in [6.07, 6.45) is 0. The summed E-state index contributed by atoms with van der Waals surface area (Å²) >= 11 is 2.77. The van der Waals surface area contributed by atoms with Crippen LogP contribution in [0.3, 0.4) is 0 Å². The first-order chi connectivity index (χ1) is 11.8. The highest BCUT2D eigenvalue weighted by molar-refractivity contribution is 7.98. The number of nitrogen functional groups attached to an aromatic ring is 1. The van der Waals surface area contributed by atoms with Gasteiger partial charge in [0.05, 0.1) is 12.2 Å². The van der Waals surface area contributed by atoms with Crippen LogP contribution in [0.25, 0.3) is 0 Å². The standard InChI is InChI=1S/C19H22N2O2S2/c1-6-23-19(22)17-15(14(8-20)18(21)25-17)9-24-16-12(4)10(2)7-11(3)13(16)5/h7H,6,9,21H2,1-5H3. The molecule has 2 rings (SSSR count). The van der Waals surface area contributed by atoms with Gasteiger partial charge in [0, 0.05) is 16.2 Å². The van der Waals surface area contributed by atoms with Crippen molar-refractivity contribution >= 4 is 34.1 Å². The third-order valence-corrected chi connectivity index (χ3v) is 6.64. The first kappa shape index (κ1) is 19.4. The number of aryl methyl sites for hydroxylation is 2. The lowest BCUT2D eigenvalue weighted by atomic mass is 10.0. The van der Waals surface area contributed by atoms with Gasteiger partial charge in [-0.25, -0.2) is 4.79 Å². The van der Waals surface area contributed by atoms with E-state index in [1.807, 2.05) is 0 Å². The van der Waals surface area contributed by atoms with Crippen LogP contribution >= 0.6 is 23.1 Å². The zero-order valence-corrected chi connectivity index (χ0v) is 16.8. The van der Waals surface area contributed by atoms with Crippen molar-refractivity contribution in [3.63, 3.8) is 0 Å². The van der Waals surface area contributed by atoms with E-state index >= 15 is 0 Å². The van der Waals surface area contributed by atoms with Crippen molar-refractivity contribution in [1.82, 2.24) is 0 Å². The third-order valence-electron chi connectivity index (χ3n) is 4.26. The van der Waals surface area contributed by atoms with Crippen LogP contribution in [0.2, 0.25) is 0 Å². The summed E-state index contributed by atoms with van der Waals surface area (Å²) in [6.45, 7) is 10.4. The minimum atomic E-state index is -0.412. The van der Waals surface area contributed by atoms with E-state index in [2.05, 4.69) is 39.8 Å². The quantitative estimate of drug-likeness (QED) is 0.595. The lowest BCUT2D eigenvalue weighted by molar-refractivity contribution is 0.0531. The molecule has 0 radical (unpaired) electrons. The number of hydrogen-bond acceptors (Lipinski definition) is 6. The molecular formula is C19H22N2O2S2. The Morgan fingerprint density at radius 1 is 1.28 bits per heavy atom. The Balaban J connectivity index is 2.42. The van der Waals surface area contributed by atoms with Gasteiger partial charge in [0.1, 0.15) is 15.9 Å². The molecule has 1 aromatic carbocycles. The Morgan fingerprint density at radius 2 is 1.88 bits per heavy atom. The molecule has 25 heavy (non-hydrogen) atoms. The monoisotopic (exact) mass is 374 g/mol. The Kier molecular flexibility index (Phi) is 6.15. The van der Waals surface area contributed by atoms with Crippen molar-refractivity contribution in [1.29, 1.82) is 5.26 Å². The number of carbonyl (C=O) groups excluding carboxylic acids is 1. The number of ether oxygens (including phenoxy) is 1. The topological polar surface area (TPSA) is 76.1 Å². The van der Waals surface area contributed by atoms with Crippen molar-refractivity contribution in [2.75, 3.05) is 12.3 Å². The summed E-state index contributed by atoms with van der Waals surface area (Å²) in [5.74, 6) is 0.0974. The maximum Gasteiger partial charge on any atom is 0.348 e. The fraction of sp³-hybridized carbons (Fsp3) is 0.368. The molecule has 0 atom stereocenters. The van der Waals surface area contributed by atoms with Gasteiger partial charge in [0.15, 0.2) is 0 Å². The number of thioether (sulfide) groups is 1. The molecule has 2 aromatic rings. The average molecular weight is 375 g/mol. The van der Waals surface area contributed by atoms with Crippen LogP contribution in [0.4, 0.5) is 5.00 Å². The Bertz CT molecular complexity index is 837. The van der Waals surface area contributed by atoms with E-state index in [1.54, 1.807) is 18.7 Å². The van der Waals surface area contributed by atoms with Crippen LogP contribution in [0, 0.1) is 39.0 Å². The van der Waals surface area contributed by atoms with E-state index in [0.29, 0.717) is 33.4 Å². The highest BCUT2D eigenvalue weighted by atomic mass is 32.2. The predicted octanol–water partition coefficient (Wildman–Crippen LogP) is 4.90. The van der Waals surface area contributed by atoms with Gasteiger partial charge >= 0.3 is 5.97 Å². The van der Waals surface area contributed by atoms with Crippen molar-refractivity contribution in [2.24, 2.45) is 0 Å². The maximum absolute atomic E-state index is 12.2. The molecule has 2 N–H and O–H groups in total. The number of nitriles is 1. The van der Waals surface area contributed by atoms with E-state index in [1.165, 1.54) is 27.1 Å². The molecule has 132 valence electrons. The smallest absolute Gasteiger partial charge is 0.348 e.